The van der Waals surface area contributed by atoms with Crippen molar-refractivity contribution < 1.29 is 18.0 Å². The fourth-order valence-corrected chi connectivity index (χ4v) is 5.03. The second-order valence-corrected chi connectivity index (χ2v) is 10.3. The molecule has 0 radical (unpaired) electrons. The predicted molar refractivity (Wildman–Crippen MR) is 145 cm³/mol. The smallest absolute Gasteiger partial charge is 0.247 e. The molecule has 8 heteroatoms. The number of hydrogen-bond donors (Lipinski definition) is 2. The molecule has 0 fully saturated rings. The molecule has 3 rings (SSSR count). The summed E-state index contributed by atoms with van der Waals surface area (Å²) in [4.78, 5) is 28.7. The number of carbonyl (C=O) groups is 2. The summed E-state index contributed by atoms with van der Waals surface area (Å²) in [6, 6.07) is 24.5. The SMILES string of the molecule is C=CCNC(=O)[C@H](c1ccccc1)N(Cc1ccccc1)C(=O)CCc1ccc(S(=O)(=O)NCC)cc1. The summed E-state index contributed by atoms with van der Waals surface area (Å²) < 4.78 is 26.9. The quantitative estimate of drug-likeness (QED) is 0.334. The third-order valence-corrected chi connectivity index (χ3v) is 7.37. The maximum Gasteiger partial charge on any atom is 0.247 e. The molecule has 2 N–H and O–H groups in total. The van der Waals surface area contributed by atoms with Crippen molar-refractivity contribution in [1.82, 2.24) is 14.9 Å². The molecule has 0 saturated heterocycles. The summed E-state index contributed by atoms with van der Waals surface area (Å²) >= 11 is 0. The predicted octanol–water partition coefficient (Wildman–Crippen LogP) is 3.99. The Morgan fingerprint density at radius 1 is 0.919 bits per heavy atom. The molecule has 7 nitrogen and oxygen atoms in total. The topological polar surface area (TPSA) is 95.6 Å². The van der Waals surface area contributed by atoms with Gasteiger partial charge in [0.25, 0.3) is 0 Å². The van der Waals surface area contributed by atoms with Gasteiger partial charge in [-0.15, -0.1) is 6.58 Å². The van der Waals surface area contributed by atoms with Gasteiger partial charge >= 0.3 is 0 Å². The Morgan fingerprint density at radius 2 is 1.54 bits per heavy atom. The van der Waals surface area contributed by atoms with E-state index in [0.29, 0.717) is 18.5 Å². The molecule has 0 spiro atoms. The number of benzene rings is 3. The summed E-state index contributed by atoms with van der Waals surface area (Å²) in [5.74, 6) is -0.468. The lowest BCUT2D eigenvalue weighted by molar-refractivity contribution is -0.141. The van der Waals surface area contributed by atoms with E-state index >= 15 is 0 Å². The molecule has 0 aliphatic heterocycles. The van der Waals surface area contributed by atoms with Gasteiger partial charge in [0.15, 0.2) is 0 Å². The molecule has 0 aliphatic rings. The normalized spacial score (nSPS) is 11.9. The van der Waals surface area contributed by atoms with Gasteiger partial charge in [0.2, 0.25) is 21.8 Å². The van der Waals surface area contributed by atoms with E-state index in [-0.39, 0.29) is 36.2 Å². The van der Waals surface area contributed by atoms with E-state index in [1.807, 2.05) is 60.7 Å². The second-order valence-electron chi connectivity index (χ2n) is 8.50. The standard InChI is InChI=1S/C29H33N3O4S/c1-3-21-30-29(34)28(25-13-9-6-10-14-25)32(22-24-11-7-5-8-12-24)27(33)20-17-23-15-18-26(19-16-23)37(35,36)31-4-2/h3,5-16,18-19,28,31H,1,4,17,20-22H2,2H3,(H,30,34)/t28-/m0/s1. The first kappa shape index (κ1) is 27.8. The van der Waals surface area contributed by atoms with Crippen molar-refractivity contribution in [3.63, 3.8) is 0 Å². The van der Waals surface area contributed by atoms with Crippen LogP contribution >= 0.6 is 0 Å². The highest BCUT2D eigenvalue weighted by molar-refractivity contribution is 7.89. The molecule has 2 amide bonds. The first-order valence-electron chi connectivity index (χ1n) is 12.2. The van der Waals surface area contributed by atoms with Crippen LogP contribution in [0.15, 0.2) is 102 Å². The van der Waals surface area contributed by atoms with Crippen LogP contribution < -0.4 is 10.0 Å². The van der Waals surface area contributed by atoms with Gasteiger partial charge in [-0.25, -0.2) is 13.1 Å². The van der Waals surface area contributed by atoms with E-state index in [1.165, 1.54) is 12.1 Å². The number of sulfonamides is 1. The van der Waals surface area contributed by atoms with Crippen LogP contribution in [0, 0.1) is 0 Å². The summed E-state index contributed by atoms with van der Waals surface area (Å²) in [6.07, 6.45) is 2.16. The molecule has 3 aromatic carbocycles. The highest BCUT2D eigenvalue weighted by atomic mass is 32.2. The van der Waals surface area contributed by atoms with Gasteiger partial charge in [-0.2, -0.15) is 0 Å². The van der Waals surface area contributed by atoms with E-state index < -0.39 is 16.1 Å². The number of nitrogens with zero attached hydrogens (tertiary/aromatic N) is 1. The van der Waals surface area contributed by atoms with Crippen LogP contribution in [0.1, 0.15) is 36.1 Å². The fourth-order valence-electron chi connectivity index (χ4n) is 3.98. The molecule has 0 bridgehead atoms. The molecular weight excluding hydrogens is 486 g/mol. The highest BCUT2D eigenvalue weighted by Gasteiger charge is 2.31. The number of rotatable bonds is 13. The maximum absolute atomic E-state index is 13.6. The molecule has 0 heterocycles. The van der Waals surface area contributed by atoms with E-state index in [2.05, 4.69) is 16.6 Å². The Balaban J connectivity index is 1.86. The average molecular weight is 520 g/mol. The molecule has 3 aromatic rings. The zero-order valence-corrected chi connectivity index (χ0v) is 21.8. The lowest BCUT2D eigenvalue weighted by Gasteiger charge is -2.31. The monoisotopic (exact) mass is 519 g/mol. The van der Waals surface area contributed by atoms with Gasteiger partial charge in [0.1, 0.15) is 6.04 Å². The highest BCUT2D eigenvalue weighted by Crippen LogP contribution is 2.25. The minimum atomic E-state index is -3.54. The number of carbonyl (C=O) groups excluding carboxylic acids is 2. The molecule has 0 aliphatic carbocycles. The summed E-state index contributed by atoms with van der Waals surface area (Å²) in [7, 11) is -3.54. The molecule has 0 unspecified atom stereocenters. The van der Waals surface area contributed by atoms with Gasteiger partial charge in [-0.3, -0.25) is 9.59 Å². The number of nitrogens with one attached hydrogen (secondary N) is 2. The Labute approximate surface area is 219 Å². The van der Waals surface area contributed by atoms with Crippen LogP contribution in [0.25, 0.3) is 0 Å². The zero-order chi connectivity index (χ0) is 26.7. The fraction of sp³-hybridized carbons (Fsp3) is 0.241. The minimum Gasteiger partial charge on any atom is -0.351 e. The first-order chi connectivity index (χ1) is 17.9. The summed E-state index contributed by atoms with van der Waals surface area (Å²) in [5.41, 5.74) is 2.45. The average Bonchev–Trinajstić information content (AvgIpc) is 2.91. The van der Waals surface area contributed by atoms with Crippen molar-refractivity contribution in [3.8, 4) is 0 Å². The molecule has 194 valence electrons. The largest absolute Gasteiger partial charge is 0.351 e. The van der Waals surface area contributed by atoms with Gasteiger partial charge in [0, 0.05) is 26.1 Å². The van der Waals surface area contributed by atoms with Crippen LogP contribution in [0.5, 0.6) is 0 Å². The van der Waals surface area contributed by atoms with E-state index in [9.17, 15) is 18.0 Å². The van der Waals surface area contributed by atoms with Crippen molar-refractivity contribution >= 4 is 21.8 Å². The minimum absolute atomic E-state index is 0.157. The third-order valence-electron chi connectivity index (χ3n) is 5.81. The molecular formula is C29H33N3O4S. The first-order valence-corrected chi connectivity index (χ1v) is 13.7. The van der Waals surface area contributed by atoms with Gasteiger partial charge in [0.05, 0.1) is 4.90 Å². The molecule has 0 aromatic heterocycles. The van der Waals surface area contributed by atoms with E-state index in [4.69, 9.17) is 0 Å². The Bertz CT molecular complexity index is 1280. The van der Waals surface area contributed by atoms with Crippen molar-refractivity contribution in [2.24, 2.45) is 0 Å². The van der Waals surface area contributed by atoms with Gasteiger partial charge in [-0.05, 0) is 35.2 Å². The number of aryl methyl sites for hydroxylation is 1. The molecule has 37 heavy (non-hydrogen) atoms. The molecule has 1 atom stereocenters. The van der Waals surface area contributed by atoms with Crippen LogP contribution in [-0.2, 0) is 32.6 Å². The summed E-state index contributed by atoms with van der Waals surface area (Å²) in [6.45, 7) is 6.25. The van der Waals surface area contributed by atoms with Crippen molar-refractivity contribution in [2.75, 3.05) is 13.1 Å². The number of amides is 2. The lowest BCUT2D eigenvalue weighted by atomic mass is 10.0. The molecule has 0 saturated carbocycles. The van der Waals surface area contributed by atoms with Crippen molar-refractivity contribution in [3.05, 3.63) is 114 Å². The third kappa shape index (κ3) is 7.87. The Hall–Kier alpha value is -3.75. The van der Waals surface area contributed by atoms with E-state index in [1.54, 1.807) is 30.0 Å². The van der Waals surface area contributed by atoms with Gasteiger partial charge < -0.3 is 10.2 Å². The van der Waals surface area contributed by atoms with Crippen LogP contribution in [-0.4, -0.2) is 38.2 Å². The second kappa shape index (κ2) is 13.5. The van der Waals surface area contributed by atoms with E-state index in [0.717, 1.165) is 11.1 Å². The Morgan fingerprint density at radius 3 is 2.14 bits per heavy atom. The lowest BCUT2D eigenvalue weighted by Crippen LogP contribution is -2.43. The van der Waals surface area contributed by atoms with Crippen LogP contribution in [0.4, 0.5) is 0 Å². The maximum atomic E-state index is 13.6. The van der Waals surface area contributed by atoms with Gasteiger partial charge in [-0.1, -0.05) is 85.8 Å². The zero-order valence-electron chi connectivity index (χ0n) is 21.0. The Kier molecular flexibility index (Phi) is 10.2. The van der Waals surface area contributed by atoms with Crippen LogP contribution in [0.3, 0.4) is 0 Å². The number of hydrogen-bond acceptors (Lipinski definition) is 4. The van der Waals surface area contributed by atoms with Crippen LogP contribution in [0.2, 0.25) is 0 Å². The summed E-state index contributed by atoms with van der Waals surface area (Å²) in [5, 5.41) is 2.84. The van der Waals surface area contributed by atoms with Crippen molar-refractivity contribution in [1.29, 1.82) is 0 Å². The van der Waals surface area contributed by atoms with Crippen molar-refractivity contribution in [2.45, 2.75) is 37.2 Å².